The molecule has 1 fully saturated rings. The van der Waals surface area contributed by atoms with Gasteiger partial charge in [-0.25, -0.2) is 0 Å². The SMILES string of the molecule is C=C1[C@H](C)[C@H]1CCCc1ccccc1. The second-order valence-electron chi connectivity index (χ2n) is 4.35. The molecule has 0 aromatic heterocycles. The van der Waals surface area contributed by atoms with E-state index in [-0.39, 0.29) is 0 Å². The van der Waals surface area contributed by atoms with Crippen LogP contribution in [0.1, 0.15) is 25.3 Å². The molecular formula is C14H18. The van der Waals surface area contributed by atoms with E-state index in [0.717, 1.165) is 11.8 Å². The van der Waals surface area contributed by atoms with Crippen LogP contribution in [-0.2, 0) is 6.42 Å². The molecule has 0 amide bonds. The Morgan fingerprint density at radius 2 is 1.86 bits per heavy atom. The van der Waals surface area contributed by atoms with Crippen LogP contribution in [-0.4, -0.2) is 0 Å². The minimum atomic E-state index is 0.797. The van der Waals surface area contributed by atoms with E-state index in [1.807, 2.05) is 0 Å². The number of hydrogen-bond donors (Lipinski definition) is 0. The summed E-state index contributed by atoms with van der Waals surface area (Å²) >= 11 is 0. The maximum absolute atomic E-state index is 4.05. The highest BCUT2D eigenvalue weighted by Crippen LogP contribution is 2.46. The van der Waals surface area contributed by atoms with Crippen LogP contribution in [0.4, 0.5) is 0 Å². The van der Waals surface area contributed by atoms with Gasteiger partial charge in [-0.1, -0.05) is 49.4 Å². The molecule has 14 heavy (non-hydrogen) atoms. The van der Waals surface area contributed by atoms with Crippen molar-refractivity contribution < 1.29 is 0 Å². The minimum Gasteiger partial charge on any atom is -0.0993 e. The van der Waals surface area contributed by atoms with E-state index >= 15 is 0 Å². The lowest BCUT2D eigenvalue weighted by atomic mass is 10.1. The van der Waals surface area contributed by atoms with Crippen molar-refractivity contribution in [2.24, 2.45) is 11.8 Å². The topological polar surface area (TPSA) is 0 Å². The van der Waals surface area contributed by atoms with Crippen molar-refractivity contribution in [3.8, 4) is 0 Å². The van der Waals surface area contributed by atoms with E-state index < -0.39 is 0 Å². The molecule has 0 bridgehead atoms. The van der Waals surface area contributed by atoms with Crippen LogP contribution in [0.3, 0.4) is 0 Å². The van der Waals surface area contributed by atoms with Gasteiger partial charge in [-0.3, -0.25) is 0 Å². The Kier molecular flexibility index (Phi) is 2.72. The first kappa shape index (κ1) is 9.51. The van der Waals surface area contributed by atoms with Crippen molar-refractivity contribution in [2.45, 2.75) is 26.2 Å². The van der Waals surface area contributed by atoms with Crippen LogP contribution in [0.15, 0.2) is 42.5 Å². The maximum atomic E-state index is 4.05. The summed E-state index contributed by atoms with van der Waals surface area (Å²) in [5.74, 6) is 1.63. The first-order chi connectivity index (χ1) is 6.79. The average Bonchev–Trinajstić information content (AvgIpc) is 2.78. The highest BCUT2D eigenvalue weighted by atomic mass is 14.4. The van der Waals surface area contributed by atoms with Crippen molar-refractivity contribution in [1.29, 1.82) is 0 Å². The van der Waals surface area contributed by atoms with Crippen molar-refractivity contribution >= 4 is 0 Å². The van der Waals surface area contributed by atoms with Crippen molar-refractivity contribution in [2.75, 3.05) is 0 Å². The molecule has 0 unspecified atom stereocenters. The zero-order valence-electron chi connectivity index (χ0n) is 8.87. The normalized spacial score (nSPS) is 25.1. The van der Waals surface area contributed by atoms with E-state index in [9.17, 15) is 0 Å². The van der Waals surface area contributed by atoms with E-state index in [0.29, 0.717) is 0 Å². The van der Waals surface area contributed by atoms with Crippen molar-refractivity contribution in [1.82, 2.24) is 0 Å². The quantitative estimate of drug-likeness (QED) is 0.627. The van der Waals surface area contributed by atoms with E-state index in [4.69, 9.17) is 0 Å². The van der Waals surface area contributed by atoms with Crippen molar-refractivity contribution in [3.05, 3.63) is 48.0 Å². The lowest BCUT2D eigenvalue weighted by Crippen LogP contribution is -1.86. The smallest absolute Gasteiger partial charge is 0.0140 e. The Hall–Kier alpha value is -1.04. The number of hydrogen-bond acceptors (Lipinski definition) is 0. The van der Waals surface area contributed by atoms with Gasteiger partial charge in [0.15, 0.2) is 0 Å². The molecule has 0 radical (unpaired) electrons. The van der Waals surface area contributed by atoms with Gasteiger partial charge in [0, 0.05) is 0 Å². The van der Waals surface area contributed by atoms with Gasteiger partial charge >= 0.3 is 0 Å². The van der Waals surface area contributed by atoms with Gasteiger partial charge in [0.2, 0.25) is 0 Å². The molecule has 1 saturated carbocycles. The van der Waals surface area contributed by atoms with Gasteiger partial charge in [-0.15, -0.1) is 0 Å². The lowest BCUT2D eigenvalue weighted by Gasteiger charge is -1.99. The fourth-order valence-electron chi connectivity index (χ4n) is 2.15. The van der Waals surface area contributed by atoms with Crippen LogP contribution in [0.25, 0.3) is 0 Å². The first-order valence-electron chi connectivity index (χ1n) is 5.51. The zero-order valence-corrected chi connectivity index (χ0v) is 8.87. The molecule has 1 aromatic carbocycles. The molecule has 0 heteroatoms. The van der Waals surface area contributed by atoms with Crippen LogP contribution < -0.4 is 0 Å². The molecule has 0 spiro atoms. The average molecular weight is 186 g/mol. The minimum absolute atomic E-state index is 0.797. The lowest BCUT2D eigenvalue weighted by molar-refractivity contribution is 0.634. The molecule has 1 aliphatic carbocycles. The van der Waals surface area contributed by atoms with Gasteiger partial charge in [-0.2, -0.15) is 0 Å². The fourth-order valence-corrected chi connectivity index (χ4v) is 2.15. The molecular weight excluding hydrogens is 168 g/mol. The van der Waals surface area contributed by atoms with Gasteiger partial charge in [0.25, 0.3) is 0 Å². The standard InChI is InChI=1S/C14H18/c1-11-12(2)14(11)10-6-9-13-7-4-3-5-8-13/h3-5,7-8,12,14H,1,6,9-10H2,2H3/t12-,14-/m0/s1. The number of aryl methyl sites for hydroxylation is 1. The summed E-state index contributed by atoms with van der Waals surface area (Å²) in [5, 5.41) is 0. The number of benzene rings is 1. The number of allylic oxidation sites excluding steroid dienone is 1. The Morgan fingerprint density at radius 1 is 1.21 bits per heavy atom. The van der Waals surface area contributed by atoms with Gasteiger partial charge in [0.05, 0.1) is 0 Å². The third-order valence-corrected chi connectivity index (χ3v) is 3.38. The Bertz CT molecular complexity index is 310. The van der Waals surface area contributed by atoms with Crippen LogP contribution >= 0.6 is 0 Å². The second kappa shape index (κ2) is 4.00. The third kappa shape index (κ3) is 2.06. The Labute approximate surface area is 86.7 Å². The Balaban J connectivity index is 1.72. The van der Waals surface area contributed by atoms with Crippen LogP contribution in [0.2, 0.25) is 0 Å². The van der Waals surface area contributed by atoms with E-state index in [1.165, 1.54) is 30.4 Å². The summed E-state index contributed by atoms with van der Waals surface area (Å²) < 4.78 is 0. The summed E-state index contributed by atoms with van der Waals surface area (Å²) in [4.78, 5) is 0. The molecule has 74 valence electrons. The molecule has 1 aliphatic rings. The number of rotatable bonds is 4. The largest absolute Gasteiger partial charge is 0.0993 e. The molecule has 0 N–H and O–H groups in total. The summed E-state index contributed by atoms with van der Waals surface area (Å²) in [6.45, 7) is 6.34. The van der Waals surface area contributed by atoms with Crippen molar-refractivity contribution in [3.63, 3.8) is 0 Å². The second-order valence-corrected chi connectivity index (χ2v) is 4.35. The highest BCUT2D eigenvalue weighted by Gasteiger charge is 2.36. The van der Waals surface area contributed by atoms with Crippen LogP contribution in [0, 0.1) is 11.8 Å². The van der Waals surface area contributed by atoms with Crippen LogP contribution in [0.5, 0.6) is 0 Å². The molecule has 2 atom stereocenters. The molecule has 0 aliphatic heterocycles. The maximum Gasteiger partial charge on any atom is -0.0140 e. The molecule has 1 aromatic rings. The zero-order chi connectivity index (χ0) is 9.97. The third-order valence-electron chi connectivity index (χ3n) is 3.38. The van der Waals surface area contributed by atoms with E-state index in [2.05, 4.69) is 43.8 Å². The monoisotopic (exact) mass is 186 g/mol. The fraction of sp³-hybridized carbons (Fsp3) is 0.429. The summed E-state index contributed by atoms with van der Waals surface area (Å²) in [6, 6.07) is 10.7. The molecule has 0 heterocycles. The predicted molar refractivity (Wildman–Crippen MR) is 61.2 cm³/mol. The molecule has 0 saturated heterocycles. The first-order valence-corrected chi connectivity index (χ1v) is 5.51. The van der Waals surface area contributed by atoms with E-state index in [1.54, 1.807) is 0 Å². The van der Waals surface area contributed by atoms with Gasteiger partial charge in [-0.05, 0) is 36.7 Å². The highest BCUT2D eigenvalue weighted by molar-refractivity contribution is 5.24. The van der Waals surface area contributed by atoms with Gasteiger partial charge in [0.1, 0.15) is 0 Å². The Morgan fingerprint density at radius 3 is 2.43 bits per heavy atom. The summed E-state index contributed by atoms with van der Waals surface area (Å²) in [5.41, 5.74) is 2.93. The molecule has 2 rings (SSSR count). The molecule has 0 nitrogen and oxygen atoms in total. The van der Waals surface area contributed by atoms with Gasteiger partial charge < -0.3 is 0 Å². The summed E-state index contributed by atoms with van der Waals surface area (Å²) in [7, 11) is 0. The predicted octanol–water partition coefficient (Wildman–Crippen LogP) is 3.83. The summed E-state index contributed by atoms with van der Waals surface area (Å²) in [6.07, 6.45) is 3.85.